The minimum absolute atomic E-state index is 0.294. The zero-order chi connectivity index (χ0) is 28.3. The summed E-state index contributed by atoms with van der Waals surface area (Å²) in [5.74, 6) is -1.38. The van der Waals surface area contributed by atoms with E-state index in [0.29, 0.717) is 33.1 Å². The Balaban J connectivity index is 1.53. The molecule has 1 saturated heterocycles. The number of amides is 1. The molecule has 1 amide bonds. The standard InChI is InChI=1S/C34H25ClN2O4/c1-41-22-17-14-21(15-18-22)31(38)29-30(32(39)23-9-3-5-11-25(23)35)37-27-13-7-2-8-20(27)16-19-28(37)34(29)24-10-4-6-12-26(24)36-33(34)40/h2-19,28-30H,1H3,(H,36,40)/t28-,29+,30-,34+/m1/s1. The first kappa shape index (κ1) is 25.3. The van der Waals surface area contributed by atoms with Gasteiger partial charge in [0.05, 0.1) is 24.1 Å². The van der Waals surface area contributed by atoms with Crippen molar-refractivity contribution in [2.45, 2.75) is 17.5 Å². The van der Waals surface area contributed by atoms with Crippen molar-refractivity contribution in [3.05, 3.63) is 130 Å². The summed E-state index contributed by atoms with van der Waals surface area (Å²) < 4.78 is 5.32. The maximum Gasteiger partial charge on any atom is 0.238 e. The third-order valence-corrected chi connectivity index (χ3v) is 8.94. The monoisotopic (exact) mass is 560 g/mol. The Hall–Kier alpha value is -4.68. The highest BCUT2D eigenvalue weighted by molar-refractivity contribution is 6.34. The molecule has 41 heavy (non-hydrogen) atoms. The first-order valence-electron chi connectivity index (χ1n) is 13.4. The molecule has 6 nitrogen and oxygen atoms in total. The van der Waals surface area contributed by atoms with E-state index >= 15 is 0 Å². The number of ether oxygens (including phenoxy) is 1. The van der Waals surface area contributed by atoms with Gasteiger partial charge in [0.25, 0.3) is 0 Å². The predicted molar refractivity (Wildman–Crippen MR) is 159 cm³/mol. The number of Topliss-reactive ketones (excluding diaryl/α,β-unsaturated/α-hetero) is 2. The van der Waals surface area contributed by atoms with Crippen molar-refractivity contribution in [1.29, 1.82) is 0 Å². The van der Waals surface area contributed by atoms with E-state index in [2.05, 4.69) is 5.32 Å². The van der Waals surface area contributed by atoms with Crippen LogP contribution in [0.15, 0.2) is 103 Å². The molecule has 4 atom stereocenters. The summed E-state index contributed by atoms with van der Waals surface area (Å²) in [4.78, 5) is 45.8. The van der Waals surface area contributed by atoms with Crippen molar-refractivity contribution in [2.75, 3.05) is 17.3 Å². The Labute approximate surface area is 242 Å². The summed E-state index contributed by atoms with van der Waals surface area (Å²) in [5.41, 5.74) is 2.35. The van der Waals surface area contributed by atoms with E-state index in [1.54, 1.807) is 55.6 Å². The zero-order valence-corrected chi connectivity index (χ0v) is 22.8. The smallest absolute Gasteiger partial charge is 0.238 e. The number of hydrogen-bond donors (Lipinski definition) is 1. The number of carbonyl (C=O) groups excluding carboxylic acids is 3. The highest BCUT2D eigenvalue weighted by Crippen LogP contribution is 2.58. The van der Waals surface area contributed by atoms with Crippen molar-refractivity contribution >= 4 is 46.5 Å². The van der Waals surface area contributed by atoms with Crippen LogP contribution in [0.2, 0.25) is 5.02 Å². The summed E-state index contributed by atoms with van der Waals surface area (Å²) in [5, 5.41) is 3.34. The van der Waals surface area contributed by atoms with Crippen LogP contribution in [0.1, 0.15) is 31.8 Å². The van der Waals surface area contributed by atoms with Crippen LogP contribution in [-0.2, 0) is 10.2 Å². The van der Waals surface area contributed by atoms with Crippen LogP contribution in [0.4, 0.5) is 11.4 Å². The SMILES string of the molecule is COc1ccc(C(=O)[C@@H]2[C@H](C(=O)c3ccccc3Cl)N3c4ccccc4C=C[C@@H]3[C@]23C(=O)Nc2ccccc23)cc1. The van der Waals surface area contributed by atoms with Gasteiger partial charge in [-0.3, -0.25) is 14.4 Å². The van der Waals surface area contributed by atoms with Gasteiger partial charge < -0.3 is 15.0 Å². The molecule has 7 rings (SSSR count). The van der Waals surface area contributed by atoms with Crippen LogP contribution in [0.3, 0.4) is 0 Å². The number of methoxy groups -OCH3 is 1. The van der Waals surface area contributed by atoms with Gasteiger partial charge in [-0.2, -0.15) is 0 Å². The van der Waals surface area contributed by atoms with Crippen molar-refractivity contribution in [3.63, 3.8) is 0 Å². The summed E-state index contributed by atoms with van der Waals surface area (Å²) >= 11 is 6.58. The van der Waals surface area contributed by atoms with Crippen LogP contribution < -0.4 is 15.0 Å². The molecule has 3 aliphatic rings. The molecule has 202 valence electrons. The lowest BCUT2D eigenvalue weighted by Gasteiger charge is -2.37. The number of nitrogens with one attached hydrogen (secondary N) is 1. The Bertz CT molecular complexity index is 1760. The third-order valence-electron chi connectivity index (χ3n) is 8.61. The summed E-state index contributed by atoms with van der Waals surface area (Å²) in [6.45, 7) is 0. The van der Waals surface area contributed by atoms with Gasteiger partial charge in [-0.15, -0.1) is 0 Å². The minimum atomic E-state index is -1.38. The number of nitrogens with zero attached hydrogens (tertiary/aromatic N) is 1. The first-order valence-corrected chi connectivity index (χ1v) is 13.8. The van der Waals surface area contributed by atoms with Crippen molar-refractivity contribution in [1.82, 2.24) is 0 Å². The van der Waals surface area contributed by atoms with E-state index in [4.69, 9.17) is 16.3 Å². The fourth-order valence-corrected chi connectivity index (χ4v) is 7.10. The molecule has 3 aliphatic heterocycles. The number of para-hydroxylation sites is 2. The van der Waals surface area contributed by atoms with E-state index in [0.717, 1.165) is 11.3 Å². The topological polar surface area (TPSA) is 75.7 Å². The van der Waals surface area contributed by atoms with Crippen molar-refractivity contribution in [3.8, 4) is 5.75 Å². The van der Waals surface area contributed by atoms with Gasteiger partial charge in [-0.25, -0.2) is 0 Å². The average molecular weight is 561 g/mol. The van der Waals surface area contributed by atoms with Gasteiger partial charge in [-0.05, 0) is 59.7 Å². The summed E-state index contributed by atoms with van der Waals surface area (Å²) in [6, 6.07) is 27.2. The first-order chi connectivity index (χ1) is 20.0. The lowest BCUT2D eigenvalue weighted by molar-refractivity contribution is -0.121. The lowest BCUT2D eigenvalue weighted by Crippen LogP contribution is -2.51. The maximum absolute atomic E-state index is 14.8. The van der Waals surface area contributed by atoms with Crippen LogP contribution in [0.5, 0.6) is 5.75 Å². The highest BCUT2D eigenvalue weighted by atomic mass is 35.5. The molecular weight excluding hydrogens is 536 g/mol. The van der Waals surface area contributed by atoms with Crippen molar-refractivity contribution < 1.29 is 19.1 Å². The molecule has 0 radical (unpaired) electrons. The molecule has 1 N–H and O–H groups in total. The molecule has 3 heterocycles. The van der Waals surface area contributed by atoms with Crippen LogP contribution in [-0.4, -0.2) is 36.7 Å². The number of fused-ring (bicyclic) bond motifs is 6. The molecule has 0 unspecified atom stereocenters. The number of carbonyl (C=O) groups is 3. The van der Waals surface area contributed by atoms with Crippen LogP contribution >= 0.6 is 11.6 Å². The van der Waals surface area contributed by atoms with E-state index < -0.39 is 23.4 Å². The Morgan fingerprint density at radius 3 is 2.37 bits per heavy atom. The number of hydrogen-bond acceptors (Lipinski definition) is 5. The largest absolute Gasteiger partial charge is 0.497 e. The second-order valence-corrected chi connectivity index (χ2v) is 10.9. The normalized spacial score (nSPS) is 23.5. The predicted octanol–water partition coefficient (Wildman–Crippen LogP) is 6.20. The summed E-state index contributed by atoms with van der Waals surface area (Å²) in [6.07, 6.45) is 3.93. The Morgan fingerprint density at radius 2 is 1.59 bits per heavy atom. The second kappa shape index (κ2) is 9.46. The molecule has 0 bridgehead atoms. The van der Waals surface area contributed by atoms with Gasteiger partial charge in [0.15, 0.2) is 11.6 Å². The van der Waals surface area contributed by atoms with E-state index in [1.165, 1.54) is 0 Å². The molecular formula is C34H25ClN2O4. The summed E-state index contributed by atoms with van der Waals surface area (Å²) in [7, 11) is 1.56. The third kappa shape index (κ3) is 3.54. The van der Waals surface area contributed by atoms with Crippen LogP contribution in [0, 0.1) is 5.92 Å². The lowest BCUT2D eigenvalue weighted by atomic mass is 9.64. The highest BCUT2D eigenvalue weighted by Gasteiger charge is 2.70. The van der Waals surface area contributed by atoms with Gasteiger partial charge >= 0.3 is 0 Å². The second-order valence-electron chi connectivity index (χ2n) is 10.5. The number of anilines is 2. The van der Waals surface area contributed by atoms with E-state index in [-0.39, 0.29) is 17.5 Å². The molecule has 0 aromatic heterocycles. The average Bonchev–Trinajstić information content (AvgIpc) is 3.49. The molecule has 1 fully saturated rings. The number of ketones is 2. The van der Waals surface area contributed by atoms with Gasteiger partial charge in [0, 0.05) is 22.5 Å². The molecule has 0 aliphatic carbocycles. The Morgan fingerprint density at radius 1 is 0.878 bits per heavy atom. The van der Waals surface area contributed by atoms with Gasteiger partial charge in [0.2, 0.25) is 5.91 Å². The molecule has 7 heteroatoms. The molecule has 4 aromatic carbocycles. The fraction of sp³-hybridized carbons (Fsp3) is 0.147. The van der Waals surface area contributed by atoms with Crippen LogP contribution in [0.25, 0.3) is 6.08 Å². The van der Waals surface area contributed by atoms with Crippen molar-refractivity contribution in [2.24, 2.45) is 5.92 Å². The minimum Gasteiger partial charge on any atom is -0.497 e. The quantitative estimate of drug-likeness (QED) is 0.294. The molecule has 4 aromatic rings. The molecule has 1 spiro atoms. The van der Waals surface area contributed by atoms with E-state index in [9.17, 15) is 14.4 Å². The Kier molecular flexibility index (Phi) is 5.84. The number of benzene rings is 4. The number of halogens is 1. The maximum atomic E-state index is 14.8. The van der Waals surface area contributed by atoms with Gasteiger partial charge in [0.1, 0.15) is 17.2 Å². The number of rotatable bonds is 5. The van der Waals surface area contributed by atoms with E-state index in [1.807, 2.05) is 65.6 Å². The molecule has 0 saturated carbocycles. The fourth-order valence-electron chi connectivity index (χ4n) is 6.87. The zero-order valence-electron chi connectivity index (χ0n) is 22.1. The van der Waals surface area contributed by atoms with Gasteiger partial charge in [-0.1, -0.05) is 72.3 Å².